The molecule has 2 N–H and O–H groups in total. The van der Waals surface area contributed by atoms with E-state index in [0.717, 1.165) is 25.7 Å². The minimum atomic E-state index is -0.745. The van der Waals surface area contributed by atoms with E-state index in [1.807, 2.05) is 13.8 Å². The van der Waals surface area contributed by atoms with E-state index in [1.165, 1.54) is 0 Å². The van der Waals surface area contributed by atoms with Crippen LogP contribution in [0.2, 0.25) is 0 Å². The van der Waals surface area contributed by atoms with Crippen LogP contribution < -0.4 is 0 Å². The van der Waals surface area contributed by atoms with Crippen molar-refractivity contribution in [2.24, 2.45) is 17.3 Å². The highest BCUT2D eigenvalue weighted by Crippen LogP contribution is 2.44. The maximum atomic E-state index is 10.8. The van der Waals surface area contributed by atoms with Gasteiger partial charge >= 0.3 is 5.97 Å². The first-order valence-electron chi connectivity index (χ1n) is 7.56. The van der Waals surface area contributed by atoms with Crippen molar-refractivity contribution in [3.63, 3.8) is 0 Å². The van der Waals surface area contributed by atoms with Gasteiger partial charge in [0.05, 0.1) is 18.6 Å². The van der Waals surface area contributed by atoms with Gasteiger partial charge in [0.25, 0.3) is 0 Å². The molecule has 4 nitrogen and oxygen atoms in total. The minimum Gasteiger partial charge on any atom is -0.481 e. The molecule has 4 atom stereocenters. The van der Waals surface area contributed by atoms with Crippen molar-refractivity contribution in [3.8, 4) is 0 Å². The first-order chi connectivity index (χ1) is 9.43. The van der Waals surface area contributed by atoms with E-state index in [1.54, 1.807) is 0 Å². The number of hydrogen-bond donors (Lipinski definition) is 2. The second-order valence-electron chi connectivity index (χ2n) is 6.95. The third-order valence-corrected chi connectivity index (χ3v) is 4.68. The van der Waals surface area contributed by atoms with Crippen LogP contribution in [-0.4, -0.2) is 35.0 Å². The Balaban J connectivity index is 1.80. The van der Waals surface area contributed by atoms with E-state index < -0.39 is 5.97 Å². The number of aliphatic carboxylic acids is 1. The Morgan fingerprint density at radius 1 is 1.25 bits per heavy atom. The molecule has 0 aromatic heterocycles. The zero-order valence-corrected chi connectivity index (χ0v) is 12.4. The molecule has 2 aliphatic rings. The van der Waals surface area contributed by atoms with Crippen LogP contribution in [0.3, 0.4) is 0 Å². The lowest BCUT2D eigenvalue weighted by atomic mass is 9.77. The molecule has 0 spiro atoms. The van der Waals surface area contributed by atoms with Crippen molar-refractivity contribution in [1.82, 2.24) is 0 Å². The highest BCUT2D eigenvalue weighted by atomic mass is 16.5. The average Bonchev–Trinajstić information content (AvgIpc) is 2.93. The molecule has 114 valence electrons. The lowest BCUT2D eigenvalue weighted by Gasteiger charge is -2.25. The fraction of sp³-hybridized carbons (Fsp3) is 0.812. The second-order valence-corrected chi connectivity index (χ2v) is 6.95. The molecular formula is C16H26O4. The Labute approximate surface area is 120 Å². The number of carboxylic acid groups (broad SMARTS) is 1. The Hall–Kier alpha value is -0.870. The van der Waals surface area contributed by atoms with Crippen LogP contribution in [0.1, 0.15) is 46.0 Å². The van der Waals surface area contributed by atoms with Crippen LogP contribution >= 0.6 is 0 Å². The van der Waals surface area contributed by atoms with Gasteiger partial charge in [-0.3, -0.25) is 4.79 Å². The molecule has 0 aromatic carbocycles. The van der Waals surface area contributed by atoms with Crippen LogP contribution in [0, 0.1) is 17.3 Å². The molecular weight excluding hydrogens is 256 g/mol. The number of ether oxygens (including phenoxy) is 1. The van der Waals surface area contributed by atoms with E-state index in [9.17, 15) is 9.90 Å². The van der Waals surface area contributed by atoms with Crippen LogP contribution in [0.4, 0.5) is 0 Å². The van der Waals surface area contributed by atoms with Gasteiger partial charge in [0.15, 0.2) is 0 Å². The summed E-state index contributed by atoms with van der Waals surface area (Å²) in [5.74, 6) is -0.0340. The van der Waals surface area contributed by atoms with Crippen molar-refractivity contribution < 1.29 is 19.7 Å². The maximum absolute atomic E-state index is 10.8. The maximum Gasteiger partial charge on any atom is 0.303 e. The minimum absolute atomic E-state index is 0.188. The zero-order valence-electron chi connectivity index (χ0n) is 12.4. The molecule has 2 fully saturated rings. The van der Waals surface area contributed by atoms with Gasteiger partial charge in [0, 0.05) is 12.5 Å². The van der Waals surface area contributed by atoms with Crippen molar-refractivity contribution >= 4 is 5.97 Å². The predicted octanol–water partition coefficient (Wildman–Crippen LogP) is 2.61. The monoisotopic (exact) mass is 282 g/mol. The number of allylic oxidation sites excluding steroid dienone is 2. The summed E-state index contributed by atoms with van der Waals surface area (Å²) in [7, 11) is 0. The van der Waals surface area contributed by atoms with E-state index in [2.05, 4.69) is 12.2 Å². The summed E-state index contributed by atoms with van der Waals surface area (Å²) >= 11 is 0. The smallest absolute Gasteiger partial charge is 0.303 e. The Bertz CT molecular complexity index is 375. The molecule has 2 heterocycles. The second kappa shape index (κ2) is 6.27. The standard InChI is InChI=1S/C16H26O4/c1-16(2,9-15(18)19)8-4-3-5-11-12(10-17)14-7-6-13(11)20-14/h3-4,11-14,17H,5-10H2,1-2H3,(H,18,19)/t11-,12+,13-,14+/m0/s1. The van der Waals surface area contributed by atoms with Gasteiger partial charge in [0.1, 0.15) is 0 Å². The van der Waals surface area contributed by atoms with E-state index in [0.29, 0.717) is 12.0 Å². The SMILES string of the molecule is CC(C)(CC=CC[C@H]1[C@@H](CO)[C@H]2CC[C@@H]1O2)CC(=O)O. The van der Waals surface area contributed by atoms with Gasteiger partial charge in [-0.25, -0.2) is 0 Å². The zero-order chi connectivity index (χ0) is 14.8. The van der Waals surface area contributed by atoms with Gasteiger partial charge in [-0.05, 0) is 37.0 Å². The molecule has 2 rings (SSSR count). The van der Waals surface area contributed by atoms with Crippen molar-refractivity contribution in [2.45, 2.75) is 58.2 Å². The molecule has 2 bridgehead atoms. The third-order valence-electron chi connectivity index (χ3n) is 4.68. The summed E-state index contributed by atoms with van der Waals surface area (Å²) < 4.78 is 5.87. The number of carbonyl (C=O) groups is 1. The van der Waals surface area contributed by atoms with Gasteiger partial charge in [0.2, 0.25) is 0 Å². The number of fused-ring (bicyclic) bond motifs is 2. The molecule has 0 amide bonds. The summed E-state index contributed by atoms with van der Waals surface area (Å²) in [4.78, 5) is 10.8. The van der Waals surface area contributed by atoms with Crippen LogP contribution in [0.5, 0.6) is 0 Å². The molecule has 2 saturated heterocycles. The molecule has 0 aromatic rings. The average molecular weight is 282 g/mol. The lowest BCUT2D eigenvalue weighted by Crippen LogP contribution is -2.29. The Kier molecular flexibility index (Phi) is 4.86. The molecule has 2 aliphatic heterocycles. The Morgan fingerprint density at radius 2 is 1.90 bits per heavy atom. The first-order valence-corrected chi connectivity index (χ1v) is 7.56. The normalized spacial score (nSPS) is 33.1. The fourth-order valence-electron chi connectivity index (χ4n) is 3.59. The molecule has 4 heteroatoms. The highest BCUT2D eigenvalue weighted by Gasteiger charge is 2.47. The van der Waals surface area contributed by atoms with Crippen LogP contribution in [0.15, 0.2) is 12.2 Å². The van der Waals surface area contributed by atoms with Crippen LogP contribution in [-0.2, 0) is 9.53 Å². The number of hydrogen-bond acceptors (Lipinski definition) is 3. The summed E-state index contributed by atoms with van der Waals surface area (Å²) in [6.45, 7) is 4.16. The first kappa shape index (κ1) is 15.5. The Morgan fingerprint density at radius 3 is 2.50 bits per heavy atom. The molecule has 0 radical (unpaired) electrons. The topological polar surface area (TPSA) is 66.8 Å². The number of carboxylic acids is 1. The highest BCUT2D eigenvalue weighted by molar-refractivity contribution is 5.67. The summed E-state index contributed by atoms with van der Waals surface area (Å²) in [6, 6.07) is 0. The van der Waals surface area contributed by atoms with E-state index >= 15 is 0 Å². The molecule has 20 heavy (non-hydrogen) atoms. The fourth-order valence-corrected chi connectivity index (χ4v) is 3.59. The largest absolute Gasteiger partial charge is 0.481 e. The van der Waals surface area contributed by atoms with E-state index in [-0.39, 0.29) is 30.5 Å². The van der Waals surface area contributed by atoms with E-state index in [4.69, 9.17) is 9.84 Å². The summed E-state index contributed by atoms with van der Waals surface area (Å²) in [6.07, 6.45) is 8.88. The number of aliphatic hydroxyl groups excluding tert-OH is 1. The third kappa shape index (κ3) is 3.61. The lowest BCUT2D eigenvalue weighted by molar-refractivity contribution is -0.139. The van der Waals surface area contributed by atoms with Gasteiger partial charge < -0.3 is 14.9 Å². The van der Waals surface area contributed by atoms with Crippen molar-refractivity contribution in [3.05, 3.63) is 12.2 Å². The molecule has 0 unspecified atom stereocenters. The van der Waals surface area contributed by atoms with Gasteiger partial charge in [-0.2, -0.15) is 0 Å². The quantitative estimate of drug-likeness (QED) is 0.704. The molecule has 0 saturated carbocycles. The molecule has 0 aliphatic carbocycles. The van der Waals surface area contributed by atoms with Crippen LogP contribution in [0.25, 0.3) is 0 Å². The van der Waals surface area contributed by atoms with Crippen molar-refractivity contribution in [2.75, 3.05) is 6.61 Å². The summed E-state index contributed by atoms with van der Waals surface area (Å²) in [5.41, 5.74) is -0.204. The van der Waals surface area contributed by atoms with Crippen molar-refractivity contribution in [1.29, 1.82) is 0 Å². The summed E-state index contributed by atoms with van der Waals surface area (Å²) in [5, 5.41) is 18.3. The predicted molar refractivity (Wildman–Crippen MR) is 76.4 cm³/mol. The van der Waals surface area contributed by atoms with Gasteiger partial charge in [-0.15, -0.1) is 0 Å². The number of rotatable bonds is 7. The van der Waals surface area contributed by atoms with Gasteiger partial charge in [-0.1, -0.05) is 26.0 Å². The number of aliphatic hydroxyl groups is 1.